The number of ether oxygens (including phenoxy) is 1. The highest BCUT2D eigenvalue weighted by atomic mass is 32.2. The summed E-state index contributed by atoms with van der Waals surface area (Å²) in [6.07, 6.45) is -6.16. The largest absolute Gasteiger partial charge is 0.434 e. The molecule has 2 N–H and O–H groups in total. The summed E-state index contributed by atoms with van der Waals surface area (Å²) in [6.45, 7) is 1.22. The first-order valence-corrected chi connectivity index (χ1v) is 11.0. The predicted molar refractivity (Wildman–Crippen MR) is 109 cm³/mol. The first-order chi connectivity index (χ1) is 15.5. The maximum atomic E-state index is 13.6. The number of aromatic nitrogens is 2. The van der Waals surface area contributed by atoms with Crippen LogP contribution in [0.5, 0.6) is 0 Å². The molecule has 0 aliphatic carbocycles. The summed E-state index contributed by atoms with van der Waals surface area (Å²) in [7, 11) is 0. The minimum absolute atomic E-state index is 0.0877. The Hall–Kier alpha value is -2.54. The van der Waals surface area contributed by atoms with Crippen molar-refractivity contribution in [1.82, 2.24) is 15.3 Å². The molecule has 1 saturated heterocycles. The van der Waals surface area contributed by atoms with Crippen LogP contribution in [0.15, 0.2) is 29.3 Å². The highest BCUT2D eigenvalue weighted by Crippen LogP contribution is 2.40. The Kier molecular flexibility index (Phi) is 7.73. The van der Waals surface area contributed by atoms with Gasteiger partial charge >= 0.3 is 12.4 Å². The molecule has 3 rings (SSSR count). The van der Waals surface area contributed by atoms with Crippen molar-refractivity contribution in [1.29, 1.82) is 0 Å². The topological polar surface area (TPSA) is 76.1 Å². The zero-order valence-corrected chi connectivity index (χ0v) is 18.1. The lowest BCUT2D eigenvalue weighted by atomic mass is 10.0. The average molecular weight is 494 g/mol. The van der Waals surface area contributed by atoms with Gasteiger partial charge in [0.25, 0.3) is 5.91 Å². The molecule has 0 radical (unpaired) electrons. The molecular weight excluding hydrogens is 474 g/mol. The van der Waals surface area contributed by atoms with Crippen LogP contribution in [0.1, 0.15) is 34.5 Å². The number of nitrogens with zero attached hydrogens (tertiary/aromatic N) is 2. The molecule has 0 bridgehead atoms. The highest BCUT2D eigenvalue weighted by molar-refractivity contribution is 7.98. The van der Waals surface area contributed by atoms with Crippen LogP contribution in [-0.4, -0.2) is 41.9 Å². The summed E-state index contributed by atoms with van der Waals surface area (Å²) in [5, 5.41) is 4.88. The van der Waals surface area contributed by atoms with Crippen molar-refractivity contribution in [3.63, 3.8) is 0 Å². The zero-order chi connectivity index (χ0) is 24.2. The van der Waals surface area contributed by atoms with E-state index in [2.05, 4.69) is 20.6 Å². The first kappa shape index (κ1) is 25.1. The van der Waals surface area contributed by atoms with Crippen molar-refractivity contribution >= 4 is 29.3 Å². The molecule has 1 amide bonds. The number of anilines is 2. The van der Waals surface area contributed by atoms with Crippen molar-refractivity contribution in [3.8, 4) is 0 Å². The van der Waals surface area contributed by atoms with Gasteiger partial charge in [-0.3, -0.25) is 4.79 Å². The lowest BCUT2D eigenvalue weighted by Crippen LogP contribution is -2.33. The van der Waals surface area contributed by atoms with Crippen LogP contribution in [0.3, 0.4) is 0 Å². The van der Waals surface area contributed by atoms with Gasteiger partial charge in [-0.15, -0.1) is 11.8 Å². The van der Waals surface area contributed by atoms with E-state index in [1.54, 1.807) is 0 Å². The summed E-state index contributed by atoms with van der Waals surface area (Å²) in [4.78, 5) is 19.3. The van der Waals surface area contributed by atoms with Gasteiger partial charge in [0.2, 0.25) is 5.95 Å². The molecule has 1 aromatic heterocycles. The lowest BCUT2D eigenvalue weighted by molar-refractivity contribution is -0.141. The number of thioether (sulfide) groups is 1. The second-order valence-corrected chi connectivity index (χ2v) is 8.05. The molecule has 0 saturated carbocycles. The third-order valence-corrected chi connectivity index (χ3v) is 5.81. The molecule has 33 heavy (non-hydrogen) atoms. The molecule has 6 nitrogen and oxygen atoms in total. The Morgan fingerprint density at radius 1 is 1.15 bits per heavy atom. The Labute approximate surface area is 189 Å². The molecule has 13 heteroatoms. The molecule has 0 unspecified atom stereocenters. The van der Waals surface area contributed by atoms with E-state index in [1.165, 1.54) is 12.3 Å². The van der Waals surface area contributed by atoms with Crippen LogP contribution >= 0.6 is 11.8 Å². The molecule has 1 fully saturated rings. The summed E-state index contributed by atoms with van der Waals surface area (Å²) >= 11 is 0.773. The van der Waals surface area contributed by atoms with Gasteiger partial charge in [0.1, 0.15) is 0 Å². The third kappa shape index (κ3) is 6.28. The fourth-order valence-corrected chi connectivity index (χ4v) is 4.05. The number of benzene rings is 1. The molecule has 1 aliphatic rings. The van der Waals surface area contributed by atoms with Gasteiger partial charge < -0.3 is 15.4 Å². The number of carbonyl (C=O) groups is 1. The maximum Gasteiger partial charge on any atom is 0.434 e. The van der Waals surface area contributed by atoms with Crippen LogP contribution in [0.2, 0.25) is 0 Å². The van der Waals surface area contributed by atoms with E-state index >= 15 is 0 Å². The van der Waals surface area contributed by atoms with Gasteiger partial charge in [0.15, 0.2) is 5.69 Å². The number of nitrogens with one attached hydrogen (secondary N) is 2. The molecule has 180 valence electrons. The normalized spacial score (nSPS) is 15.4. The summed E-state index contributed by atoms with van der Waals surface area (Å²) in [6, 6.07) is 3.25. The van der Waals surface area contributed by atoms with E-state index in [1.807, 2.05) is 0 Å². The van der Waals surface area contributed by atoms with Gasteiger partial charge in [0, 0.05) is 30.9 Å². The standard InChI is InChI=1S/C20H20F6N4O2S/c1-33-15-13(19(21,22)23)3-2-4-14(15)29-18-28-10-12(16(30-18)20(24,25)26)17(31)27-9-11-5-7-32-8-6-11/h2-4,10-11H,5-9H2,1H3,(H,27,31)(H,28,29,30). The Morgan fingerprint density at radius 3 is 2.45 bits per heavy atom. The monoisotopic (exact) mass is 494 g/mol. The second kappa shape index (κ2) is 10.2. The molecule has 2 heterocycles. The van der Waals surface area contributed by atoms with Crippen molar-refractivity contribution in [2.75, 3.05) is 31.3 Å². The summed E-state index contributed by atoms with van der Waals surface area (Å²) in [5.41, 5.74) is -3.31. The summed E-state index contributed by atoms with van der Waals surface area (Å²) in [5.74, 6) is -1.48. The zero-order valence-electron chi connectivity index (χ0n) is 17.3. The highest BCUT2D eigenvalue weighted by Gasteiger charge is 2.38. The van der Waals surface area contributed by atoms with Crippen LogP contribution in [-0.2, 0) is 17.1 Å². The number of rotatable bonds is 6. The van der Waals surface area contributed by atoms with E-state index < -0.39 is 41.0 Å². The predicted octanol–water partition coefficient (Wildman–Crippen LogP) is 5.14. The van der Waals surface area contributed by atoms with Crippen LogP contribution < -0.4 is 10.6 Å². The van der Waals surface area contributed by atoms with Crippen molar-refractivity contribution in [3.05, 3.63) is 41.2 Å². The number of hydrogen-bond donors (Lipinski definition) is 2. The van der Waals surface area contributed by atoms with Crippen LogP contribution in [0.25, 0.3) is 0 Å². The first-order valence-electron chi connectivity index (χ1n) is 9.82. The van der Waals surface area contributed by atoms with Gasteiger partial charge in [0.05, 0.1) is 16.8 Å². The maximum absolute atomic E-state index is 13.6. The van der Waals surface area contributed by atoms with E-state index in [0.717, 1.165) is 23.9 Å². The van der Waals surface area contributed by atoms with E-state index in [4.69, 9.17) is 4.74 Å². The minimum atomic E-state index is -4.99. The smallest absolute Gasteiger partial charge is 0.381 e. The van der Waals surface area contributed by atoms with Crippen molar-refractivity contribution in [2.45, 2.75) is 30.1 Å². The third-order valence-electron chi connectivity index (χ3n) is 4.97. The molecule has 0 atom stereocenters. The summed E-state index contributed by atoms with van der Waals surface area (Å²) < 4.78 is 85.8. The lowest BCUT2D eigenvalue weighted by Gasteiger charge is -2.22. The van der Waals surface area contributed by atoms with Crippen molar-refractivity contribution < 1.29 is 35.9 Å². The number of hydrogen-bond acceptors (Lipinski definition) is 6. The van der Waals surface area contributed by atoms with Crippen LogP contribution in [0.4, 0.5) is 38.0 Å². The quantitative estimate of drug-likeness (QED) is 0.428. The van der Waals surface area contributed by atoms with Gasteiger partial charge in [-0.25, -0.2) is 9.97 Å². The molecular formula is C20H20F6N4O2S. The molecule has 0 spiro atoms. The van der Waals surface area contributed by atoms with E-state index in [9.17, 15) is 31.1 Å². The van der Waals surface area contributed by atoms with Gasteiger partial charge in [-0.1, -0.05) is 6.07 Å². The van der Waals surface area contributed by atoms with Crippen molar-refractivity contribution in [2.24, 2.45) is 5.92 Å². The molecule has 2 aromatic rings. The van der Waals surface area contributed by atoms with E-state index in [-0.39, 0.29) is 23.0 Å². The minimum Gasteiger partial charge on any atom is -0.381 e. The Morgan fingerprint density at radius 2 is 1.85 bits per heavy atom. The average Bonchev–Trinajstić information content (AvgIpc) is 2.76. The number of amides is 1. The van der Waals surface area contributed by atoms with Gasteiger partial charge in [-0.2, -0.15) is 26.3 Å². The fraction of sp³-hybridized carbons (Fsp3) is 0.450. The number of halogens is 6. The SMILES string of the molecule is CSc1c(Nc2ncc(C(=O)NCC3CCOCC3)c(C(F)(F)F)n2)cccc1C(F)(F)F. The second-order valence-electron chi connectivity index (χ2n) is 7.23. The fourth-order valence-electron chi connectivity index (χ4n) is 3.31. The van der Waals surface area contributed by atoms with Gasteiger partial charge in [-0.05, 0) is 37.1 Å². The molecule has 1 aromatic carbocycles. The van der Waals surface area contributed by atoms with Crippen LogP contribution in [0, 0.1) is 5.92 Å². The Bertz CT molecular complexity index is 993. The Balaban J connectivity index is 1.86. The molecule has 1 aliphatic heterocycles. The number of alkyl halides is 6. The van der Waals surface area contributed by atoms with E-state index in [0.29, 0.717) is 32.3 Å². The number of carbonyl (C=O) groups excluding carboxylic acids is 1.